The summed E-state index contributed by atoms with van der Waals surface area (Å²) in [6.07, 6.45) is 0.0592. The van der Waals surface area contributed by atoms with Crippen LogP contribution in [-0.2, 0) is 4.79 Å². The Labute approximate surface area is 125 Å². The van der Waals surface area contributed by atoms with Crippen molar-refractivity contribution in [2.75, 3.05) is 11.9 Å². The van der Waals surface area contributed by atoms with Gasteiger partial charge >= 0.3 is 0 Å². The van der Waals surface area contributed by atoms with Crippen LogP contribution in [0.3, 0.4) is 0 Å². The first-order chi connectivity index (χ1) is 9.17. The van der Waals surface area contributed by atoms with E-state index < -0.39 is 0 Å². The number of carbonyl (C=O) groups excluding carboxylic acids is 1. The Kier molecular flexibility index (Phi) is 5.84. The lowest BCUT2D eigenvalue weighted by Gasteiger charge is -2.20. The molecule has 1 aromatic carbocycles. The van der Waals surface area contributed by atoms with E-state index in [1.807, 2.05) is 34.6 Å². The Bertz CT molecular complexity index is 467. The summed E-state index contributed by atoms with van der Waals surface area (Å²) in [6, 6.07) is 5.22. The zero-order valence-corrected chi connectivity index (χ0v) is 13.5. The van der Waals surface area contributed by atoms with Gasteiger partial charge in [0.2, 0.25) is 5.91 Å². The minimum absolute atomic E-state index is 0.0592. The first kappa shape index (κ1) is 16.8. The molecule has 112 valence electrons. The van der Waals surface area contributed by atoms with Gasteiger partial charge in [-0.3, -0.25) is 4.79 Å². The van der Waals surface area contributed by atoms with Crippen molar-refractivity contribution in [1.29, 1.82) is 0 Å². The van der Waals surface area contributed by atoms with Crippen molar-refractivity contribution in [3.05, 3.63) is 23.2 Å². The average Bonchev–Trinajstić information content (AvgIpc) is 2.29. The van der Waals surface area contributed by atoms with Crippen molar-refractivity contribution in [2.24, 2.45) is 0 Å². The molecule has 0 spiro atoms. The van der Waals surface area contributed by atoms with E-state index >= 15 is 0 Å². The van der Waals surface area contributed by atoms with E-state index in [1.165, 1.54) is 0 Å². The molecule has 4 nitrogen and oxygen atoms in total. The van der Waals surface area contributed by atoms with Gasteiger partial charge in [0, 0.05) is 11.2 Å². The number of benzene rings is 1. The molecule has 1 amide bonds. The average molecular weight is 299 g/mol. The van der Waals surface area contributed by atoms with Gasteiger partial charge in [0.15, 0.2) is 0 Å². The fourth-order valence-electron chi connectivity index (χ4n) is 1.48. The molecule has 0 heterocycles. The van der Waals surface area contributed by atoms with E-state index in [1.54, 1.807) is 18.2 Å². The number of amides is 1. The van der Waals surface area contributed by atoms with Crippen LogP contribution in [0.4, 0.5) is 5.69 Å². The molecule has 0 aromatic heterocycles. The smallest absolute Gasteiger partial charge is 0.238 e. The molecule has 0 bridgehead atoms. The van der Waals surface area contributed by atoms with Crippen LogP contribution in [0, 0.1) is 0 Å². The van der Waals surface area contributed by atoms with Gasteiger partial charge in [0.25, 0.3) is 0 Å². The van der Waals surface area contributed by atoms with Gasteiger partial charge in [-0.25, -0.2) is 0 Å². The van der Waals surface area contributed by atoms with Crippen molar-refractivity contribution in [3.63, 3.8) is 0 Å². The number of anilines is 1. The predicted molar refractivity (Wildman–Crippen MR) is 83.6 cm³/mol. The summed E-state index contributed by atoms with van der Waals surface area (Å²) in [5.74, 6) is 0.515. The van der Waals surface area contributed by atoms with Crippen LogP contribution >= 0.6 is 11.6 Å². The summed E-state index contributed by atoms with van der Waals surface area (Å²) < 4.78 is 5.54. The topological polar surface area (TPSA) is 50.4 Å². The summed E-state index contributed by atoms with van der Waals surface area (Å²) in [4.78, 5) is 11.8. The monoisotopic (exact) mass is 298 g/mol. The largest absolute Gasteiger partial charge is 0.489 e. The molecule has 2 N–H and O–H groups in total. The standard InChI is InChI=1S/C15H23ClN2O2/c1-10(2)20-13-7-6-11(8-12(13)16)18-14(19)9-17-15(3,4)5/h6-8,10,17H,9H2,1-5H3,(H,18,19). The van der Waals surface area contributed by atoms with Crippen LogP contribution in [0.25, 0.3) is 0 Å². The molecule has 0 aliphatic rings. The molecule has 0 aliphatic heterocycles. The van der Waals surface area contributed by atoms with E-state index in [2.05, 4.69) is 10.6 Å². The Balaban J connectivity index is 2.60. The fourth-order valence-corrected chi connectivity index (χ4v) is 1.70. The van der Waals surface area contributed by atoms with E-state index in [0.29, 0.717) is 16.5 Å². The molecule has 0 unspecified atom stereocenters. The van der Waals surface area contributed by atoms with Crippen LogP contribution < -0.4 is 15.4 Å². The van der Waals surface area contributed by atoms with Crippen molar-refractivity contribution in [3.8, 4) is 5.75 Å². The third-order valence-electron chi connectivity index (χ3n) is 2.36. The molecule has 0 aliphatic carbocycles. The molecule has 5 heteroatoms. The second-order valence-electron chi connectivity index (χ2n) is 5.96. The lowest BCUT2D eigenvalue weighted by molar-refractivity contribution is -0.115. The van der Waals surface area contributed by atoms with Gasteiger partial charge in [0.1, 0.15) is 5.75 Å². The molecular formula is C15H23ClN2O2. The molecule has 20 heavy (non-hydrogen) atoms. The zero-order chi connectivity index (χ0) is 15.3. The second-order valence-corrected chi connectivity index (χ2v) is 6.37. The highest BCUT2D eigenvalue weighted by molar-refractivity contribution is 6.32. The fraction of sp³-hybridized carbons (Fsp3) is 0.533. The van der Waals surface area contributed by atoms with Gasteiger partial charge in [-0.15, -0.1) is 0 Å². The Morgan fingerprint density at radius 1 is 1.35 bits per heavy atom. The minimum Gasteiger partial charge on any atom is -0.489 e. The quantitative estimate of drug-likeness (QED) is 0.875. The molecule has 1 aromatic rings. The van der Waals surface area contributed by atoms with Crippen molar-refractivity contribution in [2.45, 2.75) is 46.3 Å². The summed E-state index contributed by atoms with van der Waals surface area (Å²) in [7, 11) is 0. The number of halogens is 1. The number of carbonyl (C=O) groups is 1. The van der Waals surface area contributed by atoms with Gasteiger partial charge in [-0.1, -0.05) is 11.6 Å². The predicted octanol–water partition coefficient (Wildman–Crippen LogP) is 3.45. The lowest BCUT2D eigenvalue weighted by Crippen LogP contribution is -2.41. The highest BCUT2D eigenvalue weighted by Crippen LogP contribution is 2.28. The Morgan fingerprint density at radius 2 is 2.00 bits per heavy atom. The van der Waals surface area contributed by atoms with E-state index in [9.17, 15) is 4.79 Å². The molecule has 0 saturated carbocycles. The van der Waals surface area contributed by atoms with Crippen molar-refractivity contribution < 1.29 is 9.53 Å². The SMILES string of the molecule is CC(C)Oc1ccc(NC(=O)CNC(C)(C)C)cc1Cl. The van der Waals surface area contributed by atoms with Crippen LogP contribution in [0.5, 0.6) is 5.75 Å². The molecule has 0 atom stereocenters. The number of hydrogen-bond donors (Lipinski definition) is 2. The first-order valence-electron chi connectivity index (χ1n) is 6.68. The normalized spacial score (nSPS) is 11.6. The van der Waals surface area contributed by atoms with Crippen LogP contribution in [0.15, 0.2) is 18.2 Å². The second kappa shape index (κ2) is 6.95. The van der Waals surface area contributed by atoms with E-state index in [-0.39, 0.29) is 24.1 Å². The summed E-state index contributed by atoms with van der Waals surface area (Å²) >= 11 is 6.11. The third kappa shape index (κ3) is 6.26. The maximum absolute atomic E-state index is 11.8. The zero-order valence-electron chi connectivity index (χ0n) is 12.7. The van der Waals surface area contributed by atoms with Crippen LogP contribution in [0.2, 0.25) is 5.02 Å². The van der Waals surface area contributed by atoms with Crippen molar-refractivity contribution in [1.82, 2.24) is 5.32 Å². The van der Waals surface area contributed by atoms with E-state index in [4.69, 9.17) is 16.3 Å². The number of ether oxygens (including phenoxy) is 1. The molecule has 0 fully saturated rings. The van der Waals surface area contributed by atoms with E-state index in [0.717, 1.165) is 0 Å². The van der Waals surface area contributed by atoms with Crippen molar-refractivity contribution >= 4 is 23.2 Å². The third-order valence-corrected chi connectivity index (χ3v) is 2.65. The number of rotatable bonds is 5. The van der Waals surface area contributed by atoms with Gasteiger partial charge < -0.3 is 15.4 Å². The maximum Gasteiger partial charge on any atom is 0.238 e. The number of hydrogen-bond acceptors (Lipinski definition) is 3. The van der Waals surface area contributed by atoms with Crippen LogP contribution in [-0.4, -0.2) is 24.1 Å². The Morgan fingerprint density at radius 3 is 2.50 bits per heavy atom. The minimum atomic E-state index is -0.103. The maximum atomic E-state index is 11.8. The van der Waals surface area contributed by atoms with Gasteiger partial charge in [-0.05, 0) is 52.8 Å². The molecule has 0 radical (unpaired) electrons. The summed E-state index contributed by atoms with van der Waals surface area (Å²) in [6.45, 7) is 10.2. The van der Waals surface area contributed by atoms with Crippen LogP contribution in [0.1, 0.15) is 34.6 Å². The highest BCUT2D eigenvalue weighted by Gasteiger charge is 2.12. The summed E-state index contributed by atoms with van der Waals surface area (Å²) in [5, 5.41) is 6.41. The number of nitrogens with one attached hydrogen (secondary N) is 2. The van der Waals surface area contributed by atoms with Gasteiger partial charge in [-0.2, -0.15) is 0 Å². The molecular weight excluding hydrogens is 276 g/mol. The first-order valence-corrected chi connectivity index (χ1v) is 7.06. The molecule has 0 saturated heterocycles. The highest BCUT2D eigenvalue weighted by atomic mass is 35.5. The Hall–Kier alpha value is -1.26. The lowest BCUT2D eigenvalue weighted by atomic mass is 10.1. The molecule has 1 rings (SSSR count). The van der Waals surface area contributed by atoms with Gasteiger partial charge in [0.05, 0.1) is 17.7 Å². The summed E-state index contributed by atoms with van der Waals surface area (Å²) in [5.41, 5.74) is 0.566.